The maximum atomic E-state index is 15.6. The van der Waals surface area contributed by atoms with Crippen molar-refractivity contribution in [1.29, 1.82) is 0 Å². The van der Waals surface area contributed by atoms with Gasteiger partial charge in [-0.15, -0.1) is 0 Å². The third-order valence-corrected chi connectivity index (χ3v) is 6.04. The predicted molar refractivity (Wildman–Crippen MR) is 153 cm³/mol. The Balaban J connectivity index is 1.62. The number of alkyl halides is 2. The van der Waals surface area contributed by atoms with Crippen LogP contribution in [0, 0.1) is 0 Å². The molecule has 3 atom stereocenters. The number of hydrogen-bond donors (Lipinski definition) is 2. The second-order valence-corrected chi connectivity index (χ2v) is 9.41. The van der Waals surface area contributed by atoms with Crippen LogP contribution < -0.4 is 16.3 Å². The summed E-state index contributed by atoms with van der Waals surface area (Å²) in [6.45, 7) is 5.50. The SMILES string of the molecule is C=CCOC(=O)Nc1ccn([C@@H]2O[C@H](COC(=O)CCCCC(=O)Nc3ccccc3)[C@@H](OC(=O)OCC=C)C2(F)F)c(=O)n1. The molecule has 2 amide bonds. The Kier molecular flexibility index (Phi) is 12.7. The zero-order chi connectivity index (χ0) is 32.8. The van der Waals surface area contributed by atoms with E-state index in [0.717, 1.165) is 12.3 Å². The van der Waals surface area contributed by atoms with Gasteiger partial charge in [0.15, 0.2) is 0 Å². The largest absolute Gasteiger partial charge is 0.509 e. The van der Waals surface area contributed by atoms with Crippen molar-refractivity contribution in [3.05, 3.63) is 78.4 Å². The van der Waals surface area contributed by atoms with E-state index in [4.69, 9.17) is 18.9 Å². The summed E-state index contributed by atoms with van der Waals surface area (Å²) in [7, 11) is 0. The summed E-state index contributed by atoms with van der Waals surface area (Å²) < 4.78 is 56.2. The van der Waals surface area contributed by atoms with Gasteiger partial charge in [-0.05, 0) is 31.0 Å². The molecule has 0 aliphatic carbocycles. The van der Waals surface area contributed by atoms with Crippen LogP contribution in [0.15, 0.2) is 72.7 Å². The van der Waals surface area contributed by atoms with Gasteiger partial charge in [0.2, 0.25) is 18.2 Å². The molecule has 1 aliphatic heterocycles. The first-order valence-corrected chi connectivity index (χ1v) is 13.7. The van der Waals surface area contributed by atoms with Crippen molar-refractivity contribution in [2.45, 2.75) is 50.0 Å². The molecular weight excluding hydrogens is 602 g/mol. The number of hydrogen-bond acceptors (Lipinski definition) is 11. The monoisotopic (exact) mass is 634 g/mol. The Morgan fingerprint density at radius 1 is 0.978 bits per heavy atom. The topological polar surface area (TPSA) is 173 Å². The number of rotatable bonds is 15. The molecule has 0 unspecified atom stereocenters. The molecule has 2 N–H and O–H groups in total. The fourth-order valence-electron chi connectivity index (χ4n) is 4.00. The molecule has 45 heavy (non-hydrogen) atoms. The highest BCUT2D eigenvalue weighted by molar-refractivity contribution is 5.90. The van der Waals surface area contributed by atoms with Gasteiger partial charge < -0.3 is 29.0 Å². The minimum Gasteiger partial charge on any atom is -0.463 e. The molecule has 1 aromatic carbocycles. The molecule has 14 nitrogen and oxygen atoms in total. The lowest BCUT2D eigenvalue weighted by Gasteiger charge is -2.23. The number of esters is 1. The number of anilines is 2. The van der Waals surface area contributed by atoms with Crippen LogP contribution in [0.1, 0.15) is 31.9 Å². The summed E-state index contributed by atoms with van der Waals surface area (Å²) in [4.78, 5) is 64.3. The highest BCUT2D eigenvalue weighted by Crippen LogP contribution is 2.44. The second-order valence-electron chi connectivity index (χ2n) is 9.41. The lowest BCUT2D eigenvalue weighted by molar-refractivity contribution is -0.150. The van der Waals surface area contributed by atoms with Gasteiger partial charge in [-0.1, -0.05) is 43.5 Å². The van der Waals surface area contributed by atoms with Crippen LogP contribution in [0.4, 0.5) is 29.9 Å². The van der Waals surface area contributed by atoms with Gasteiger partial charge in [0.05, 0.1) is 0 Å². The molecule has 0 radical (unpaired) electrons. The number of aromatic nitrogens is 2. The molecule has 242 valence electrons. The molecule has 1 fully saturated rings. The van der Waals surface area contributed by atoms with Crippen LogP contribution in [0.2, 0.25) is 0 Å². The van der Waals surface area contributed by atoms with Crippen LogP contribution >= 0.6 is 0 Å². The third-order valence-electron chi connectivity index (χ3n) is 6.04. The minimum atomic E-state index is -4.04. The molecule has 0 saturated carbocycles. The van der Waals surface area contributed by atoms with E-state index >= 15 is 8.78 Å². The number of benzene rings is 1. The van der Waals surface area contributed by atoms with Crippen molar-refractivity contribution in [2.75, 3.05) is 30.5 Å². The van der Waals surface area contributed by atoms with E-state index in [1.54, 1.807) is 24.3 Å². The summed E-state index contributed by atoms with van der Waals surface area (Å²) in [5.41, 5.74) is -0.614. The summed E-state index contributed by atoms with van der Waals surface area (Å²) in [5, 5.41) is 4.87. The maximum Gasteiger partial charge on any atom is 0.509 e. The molecule has 1 aliphatic rings. The number of unbranched alkanes of at least 4 members (excludes halogenated alkanes) is 1. The lowest BCUT2D eigenvalue weighted by Crippen LogP contribution is -2.45. The first-order valence-electron chi connectivity index (χ1n) is 13.7. The molecule has 0 spiro atoms. The van der Waals surface area contributed by atoms with E-state index in [0.29, 0.717) is 16.7 Å². The van der Waals surface area contributed by atoms with E-state index in [1.807, 2.05) is 6.07 Å². The van der Waals surface area contributed by atoms with Crippen LogP contribution in [0.3, 0.4) is 0 Å². The fourth-order valence-corrected chi connectivity index (χ4v) is 4.00. The minimum absolute atomic E-state index is 0.125. The number of halogens is 2. The smallest absolute Gasteiger partial charge is 0.463 e. The first-order chi connectivity index (χ1) is 21.5. The molecule has 0 bridgehead atoms. The average Bonchev–Trinajstić information content (AvgIpc) is 3.25. The number of para-hydroxylation sites is 1. The lowest BCUT2D eigenvalue weighted by atomic mass is 10.1. The number of nitrogens with zero attached hydrogens (tertiary/aromatic N) is 2. The normalized spacial score (nSPS) is 18.2. The molecule has 16 heteroatoms. The van der Waals surface area contributed by atoms with Gasteiger partial charge in [0.1, 0.15) is 31.7 Å². The Bertz CT molecular complexity index is 1420. The fraction of sp³-hybridized carbons (Fsp3) is 0.379. The van der Waals surface area contributed by atoms with Gasteiger partial charge in [-0.25, -0.2) is 14.4 Å². The highest BCUT2D eigenvalue weighted by atomic mass is 19.3. The average molecular weight is 635 g/mol. The number of carbonyl (C=O) groups excluding carboxylic acids is 4. The van der Waals surface area contributed by atoms with E-state index in [2.05, 4.69) is 33.5 Å². The second kappa shape index (κ2) is 16.7. The Hall–Kier alpha value is -5.12. The summed E-state index contributed by atoms with van der Waals surface area (Å²) in [6.07, 6.45) is -4.86. The highest BCUT2D eigenvalue weighted by Gasteiger charge is 2.63. The van der Waals surface area contributed by atoms with Gasteiger partial charge in [0, 0.05) is 24.7 Å². The van der Waals surface area contributed by atoms with Gasteiger partial charge in [-0.3, -0.25) is 19.5 Å². The molecular formula is C29H32F2N4O10. The molecule has 2 aromatic rings. The molecule has 1 aromatic heterocycles. The van der Waals surface area contributed by atoms with Crippen molar-refractivity contribution < 1.29 is 51.6 Å². The third kappa shape index (κ3) is 10.2. The summed E-state index contributed by atoms with van der Waals surface area (Å²) >= 11 is 0. The quantitative estimate of drug-likeness (QED) is 0.126. The number of amides is 2. The zero-order valence-corrected chi connectivity index (χ0v) is 24.0. The Morgan fingerprint density at radius 3 is 2.36 bits per heavy atom. The van der Waals surface area contributed by atoms with Gasteiger partial charge >= 0.3 is 29.8 Å². The maximum absolute atomic E-state index is 15.6. The Labute approximate surface area is 255 Å². The number of carbonyl (C=O) groups is 4. The molecule has 3 rings (SSSR count). The van der Waals surface area contributed by atoms with Crippen molar-refractivity contribution in [3.8, 4) is 0 Å². The molecule has 1 saturated heterocycles. The number of nitrogens with one attached hydrogen (secondary N) is 2. The number of ether oxygens (including phenoxy) is 5. The van der Waals surface area contributed by atoms with Crippen molar-refractivity contribution in [3.63, 3.8) is 0 Å². The summed E-state index contributed by atoms with van der Waals surface area (Å²) in [5.74, 6) is -5.36. The van der Waals surface area contributed by atoms with Crippen molar-refractivity contribution in [1.82, 2.24) is 9.55 Å². The van der Waals surface area contributed by atoms with Gasteiger partial charge in [-0.2, -0.15) is 13.8 Å². The van der Waals surface area contributed by atoms with Crippen LogP contribution in [-0.4, -0.2) is 71.6 Å². The molecule has 2 heterocycles. The first kappa shape index (κ1) is 34.4. The van der Waals surface area contributed by atoms with E-state index in [1.165, 1.54) is 12.2 Å². The zero-order valence-electron chi connectivity index (χ0n) is 24.0. The Morgan fingerprint density at radius 2 is 1.67 bits per heavy atom. The standard InChI is InChI=1S/C29H32F2N4O10/c1-3-16-41-27(39)34-21-14-15-35(26(38)33-21)25-29(30,31)24(45-28(40)42-17-4-2)20(44-25)18-43-23(37)13-9-8-12-22(36)32-19-10-6-5-7-11-19/h3-7,10-11,14-15,20,24-25H,1-2,8-9,12-13,16-18H2,(H,32,36)(H,33,34,38,39)/t20-,24-,25-/m1/s1. The van der Waals surface area contributed by atoms with Crippen molar-refractivity contribution >= 4 is 35.6 Å². The van der Waals surface area contributed by atoms with Crippen molar-refractivity contribution in [2.24, 2.45) is 0 Å². The van der Waals surface area contributed by atoms with E-state index < -0.39 is 54.9 Å². The van der Waals surface area contributed by atoms with E-state index in [-0.39, 0.29) is 44.2 Å². The predicted octanol–water partition coefficient (Wildman–Crippen LogP) is 3.96. The summed E-state index contributed by atoms with van der Waals surface area (Å²) in [6, 6.07) is 9.85. The van der Waals surface area contributed by atoms with Gasteiger partial charge in [0.25, 0.3) is 0 Å². The van der Waals surface area contributed by atoms with E-state index in [9.17, 15) is 24.0 Å². The van der Waals surface area contributed by atoms with Crippen LogP contribution in [0.5, 0.6) is 0 Å². The van der Waals surface area contributed by atoms with Crippen LogP contribution in [-0.2, 0) is 33.3 Å². The van der Waals surface area contributed by atoms with Crippen LogP contribution in [0.25, 0.3) is 0 Å².